The topological polar surface area (TPSA) is 62.1 Å². The van der Waals surface area contributed by atoms with Crippen LogP contribution in [0.2, 0.25) is 0 Å². The standard InChI is InChI=1S/C14H21NO3/c1-2-14(15-17)12-6-8-13(9-7-12)18-11-5-3-4-10-16/h6-9,16-17H,2-5,10-11H2,1H3. The van der Waals surface area contributed by atoms with E-state index in [-0.39, 0.29) is 6.61 Å². The molecule has 0 aliphatic rings. The Morgan fingerprint density at radius 2 is 1.89 bits per heavy atom. The van der Waals surface area contributed by atoms with Gasteiger partial charge in [0, 0.05) is 6.61 Å². The van der Waals surface area contributed by atoms with Crippen LogP contribution >= 0.6 is 0 Å². The molecule has 0 saturated carbocycles. The van der Waals surface area contributed by atoms with Crippen molar-refractivity contribution >= 4 is 5.71 Å². The van der Waals surface area contributed by atoms with Crippen molar-refractivity contribution in [3.8, 4) is 5.75 Å². The summed E-state index contributed by atoms with van der Waals surface area (Å²) in [5.41, 5.74) is 1.58. The van der Waals surface area contributed by atoms with E-state index in [4.69, 9.17) is 15.1 Å². The zero-order valence-corrected chi connectivity index (χ0v) is 10.8. The molecule has 1 rings (SSSR count). The van der Waals surface area contributed by atoms with Crippen molar-refractivity contribution < 1.29 is 15.1 Å². The summed E-state index contributed by atoms with van der Waals surface area (Å²) in [5, 5.41) is 20.7. The van der Waals surface area contributed by atoms with Crippen molar-refractivity contribution in [2.24, 2.45) is 5.16 Å². The number of oxime groups is 1. The fraction of sp³-hybridized carbons (Fsp3) is 0.500. The summed E-state index contributed by atoms with van der Waals surface area (Å²) in [5.74, 6) is 0.816. The first-order valence-electron chi connectivity index (χ1n) is 6.36. The van der Waals surface area contributed by atoms with Gasteiger partial charge in [-0.1, -0.05) is 12.1 Å². The highest BCUT2D eigenvalue weighted by Gasteiger charge is 2.02. The Morgan fingerprint density at radius 1 is 1.17 bits per heavy atom. The van der Waals surface area contributed by atoms with Crippen molar-refractivity contribution in [2.45, 2.75) is 32.6 Å². The van der Waals surface area contributed by atoms with E-state index in [1.54, 1.807) is 0 Å². The fourth-order valence-corrected chi connectivity index (χ4v) is 1.66. The second-order valence-corrected chi connectivity index (χ2v) is 4.06. The fourth-order valence-electron chi connectivity index (χ4n) is 1.66. The van der Waals surface area contributed by atoms with Crippen LogP contribution in [0.4, 0.5) is 0 Å². The average molecular weight is 251 g/mol. The lowest BCUT2D eigenvalue weighted by atomic mass is 10.1. The number of hydrogen-bond donors (Lipinski definition) is 2. The monoisotopic (exact) mass is 251 g/mol. The summed E-state index contributed by atoms with van der Waals surface area (Å²) in [6.45, 7) is 2.85. The van der Waals surface area contributed by atoms with E-state index in [2.05, 4.69) is 5.16 Å². The summed E-state index contributed by atoms with van der Waals surface area (Å²) in [6, 6.07) is 7.54. The summed E-state index contributed by atoms with van der Waals surface area (Å²) in [7, 11) is 0. The first kappa shape index (κ1) is 14.5. The van der Waals surface area contributed by atoms with Crippen LogP contribution in [0.3, 0.4) is 0 Å². The zero-order chi connectivity index (χ0) is 13.2. The van der Waals surface area contributed by atoms with E-state index >= 15 is 0 Å². The molecule has 0 aromatic heterocycles. The van der Waals surface area contributed by atoms with Gasteiger partial charge in [0.15, 0.2) is 0 Å². The minimum absolute atomic E-state index is 0.245. The van der Waals surface area contributed by atoms with Gasteiger partial charge in [0.2, 0.25) is 0 Å². The quantitative estimate of drug-likeness (QED) is 0.323. The molecule has 0 radical (unpaired) electrons. The van der Waals surface area contributed by atoms with E-state index in [0.29, 0.717) is 18.7 Å². The van der Waals surface area contributed by atoms with Crippen molar-refractivity contribution in [1.82, 2.24) is 0 Å². The minimum atomic E-state index is 0.245. The second kappa shape index (κ2) is 8.53. The Morgan fingerprint density at radius 3 is 2.44 bits per heavy atom. The lowest BCUT2D eigenvalue weighted by Crippen LogP contribution is -2.00. The first-order valence-corrected chi connectivity index (χ1v) is 6.36. The van der Waals surface area contributed by atoms with Gasteiger partial charge in [0.25, 0.3) is 0 Å². The molecule has 0 amide bonds. The molecule has 4 heteroatoms. The van der Waals surface area contributed by atoms with Crippen LogP contribution < -0.4 is 4.74 Å². The van der Waals surface area contributed by atoms with Gasteiger partial charge >= 0.3 is 0 Å². The Kier molecular flexibility index (Phi) is 6.87. The Bertz CT molecular complexity index is 360. The molecule has 18 heavy (non-hydrogen) atoms. The molecule has 0 heterocycles. The summed E-state index contributed by atoms with van der Waals surface area (Å²) in [6.07, 6.45) is 3.44. The molecular formula is C14H21NO3. The lowest BCUT2D eigenvalue weighted by molar-refractivity contribution is 0.266. The van der Waals surface area contributed by atoms with Crippen LogP contribution in [-0.4, -0.2) is 29.2 Å². The van der Waals surface area contributed by atoms with Gasteiger partial charge < -0.3 is 15.1 Å². The number of rotatable bonds is 8. The summed E-state index contributed by atoms with van der Waals surface area (Å²) >= 11 is 0. The molecular weight excluding hydrogens is 230 g/mol. The molecule has 0 aliphatic heterocycles. The third-order valence-corrected chi connectivity index (χ3v) is 2.71. The third-order valence-electron chi connectivity index (χ3n) is 2.71. The number of ether oxygens (including phenoxy) is 1. The van der Waals surface area contributed by atoms with Crippen LogP contribution in [0.25, 0.3) is 0 Å². The van der Waals surface area contributed by atoms with Gasteiger partial charge in [-0.3, -0.25) is 0 Å². The van der Waals surface area contributed by atoms with E-state index in [0.717, 1.165) is 30.6 Å². The Balaban J connectivity index is 2.41. The largest absolute Gasteiger partial charge is 0.494 e. The van der Waals surface area contributed by atoms with Gasteiger partial charge in [0.05, 0.1) is 12.3 Å². The highest BCUT2D eigenvalue weighted by atomic mass is 16.5. The maximum absolute atomic E-state index is 8.81. The van der Waals surface area contributed by atoms with Gasteiger partial charge in [0.1, 0.15) is 5.75 Å². The number of benzene rings is 1. The molecule has 100 valence electrons. The molecule has 0 aliphatic carbocycles. The minimum Gasteiger partial charge on any atom is -0.494 e. The predicted molar refractivity (Wildman–Crippen MR) is 71.5 cm³/mol. The molecule has 2 N–H and O–H groups in total. The van der Waals surface area contributed by atoms with E-state index in [1.807, 2.05) is 31.2 Å². The smallest absolute Gasteiger partial charge is 0.119 e. The van der Waals surface area contributed by atoms with E-state index in [1.165, 1.54) is 0 Å². The molecule has 4 nitrogen and oxygen atoms in total. The molecule has 0 atom stereocenters. The SMILES string of the molecule is CCC(=NO)c1ccc(OCCCCCO)cc1. The van der Waals surface area contributed by atoms with Crippen LogP contribution in [0, 0.1) is 0 Å². The molecule has 0 saturated heterocycles. The van der Waals surface area contributed by atoms with Crippen molar-refractivity contribution in [1.29, 1.82) is 0 Å². The van der Waals surface area contributed by atoms with Crippen LogP contribution in [0.1, 0.15) is 38.2 Å². The Hall–Kier alpha value is -1.55. The molecule has 0 bridgehead atoms. The number of nitrogens with zero attached hydrogens (tertiary/aromatic N) is 1. The zero-order valence-electron chi connectivity index (χ0n) is 10.8. The van der Waals surface area contributed by atoms with Crippen LogP contribution in [-0.2, 0) is 0 Å². The number of aliphatic hydroxyl groups excluding tert-OH is 1. The normalized spacial score (nSPS) is 11.6. The number of unbranched alkanes of at least 4 members (excludes halogenated alkanes) is 2. The average Bonchev–Trinajstić information content (AvgIpc) is 2.41. The molecule has 0 fully saturated rings. The predicted octanol–water partition coefficient (Wildman–Crippen LogP) is 2.82. The third kappa shape index (κ3) is 4.75. The van der Waals surface area contributed by atoms with Crippen LogP contribution in [0.15, 0.2) is 29.4 Å². The molecule has 0 spiro atoms. The lowest BCUT2D eigenvalue weighted by Gasteiger charge is -2.07. The highest BCUT2D eigenvalue weighted by Crippen LogP contribution is 2.14. The van der Waals surface area contributed by atoms with Gasteiger partial charge in [-0.05, 0) is 55.5 Å². The maximum Gasteiger partial charge on any atom is 0.119 e. The van der Waals surface area contributed by atoms with Crippen molar-refractivity contribution in [3.05, 3.63) is 29.8 Å². The molecule has 1 aromatic rings. The number of hydrogen-bond acceptors (Lipinski definition) is 4. The number of aliphatic hydroxyl groups is 1. The van der Waals surface area contributed by atoms with E-state index in [9.17, 15) is 0 Å². The van der Waals surface area contributed by atoms with Crippen molar-refractivity contribution in [3.63, 3.8) is 0 Å². The molecule has 0 unspecified atom stereocenters. The summed E-state index contributed by atoms with van der Waals surface area (Å²) < 4.78 is 5.57. The maximum atomic E-state index is 8.81. The second-order valence-electron chi connectivity index (χ2n) is 4.06. The summed E-state index contributed by atoms with van der Waals surface area (Å²) in [4.78, 5) is 0. The van der Waals surface area contributed by atoms with Gasteiger partial charge in [-0.2, -0.15) is 0 Å². The van der Waals surface area contributed by atoms with Gasteiger partial charge in [-0.15, -0.1) is 0 Å². The highest BCUT2D eigenvalue weighted by molar-refractivity contribution is 6.00. The van der Waals surface area contributed by atoms with E-state index < -0.39 is 0 Å². The Labute approximate surface area is 108 Å². The van der Waals surface area contributed by atoms with Crippen LogP contribution in [0.5, 0.6) is 5.75 Å². The molecule has 1 aromatic carbocycles. The first-order chi connectivity index (χ1) is 8.81. The van der Waals surface area contributed by atoms with Crippen molar-refractivity contribution in [2.75, 3.05) is 13.2 Å². The van der Waals surface area contributed by atoms with Gasteiger partial charge in [-0.25, -0.2) is 0 Å².